The molecule has 0 aliphatic carbocycles. The first-order valence-corrected chi connectivity index (χ1v) is 12.8. The number of carboxylic acid groups (broad SMARTS) is 1. The number of benzene rings is 2. The van der Waals surface area contributed by atoms with E-state index in [4.69, 9.17) is 21.3 Å². The number of carbonyl (C=O) groups excluding carboxylic acids is 2. The fourth-order valence-electron chi connectivity index (χ4n) is 4.30. The van der Waals surface area contributed by atoms with Crippen LogP contribution in [0.2, 0.25) is 5.02 Å². The van der Waals surface area contributed by atoms with Crippen LogP contribution in [0, 0.1) is 0 Å². The van der Waals surface area contributed by atoms with E-state index in [1.807, 2.05) is 54.8 Å². The molecule has 3 aromatic rings. The molecule has 1 heterocycles. The maximum absolute atomic E-state index is 13.4. The zero-order valence-corrected chi connectivity index (χ0v) is 25.4. The van der Waals surface area contributed by atoms with Crippen LogP contribution in [-0.2, 0) is 17.9 Å². The number of aliphatic carboxylic acids is 1. The van der Waals surface area contributed by atoms with Crippen LogP contribution in [0.15, 0.2) is 48.5 Å². The third-order valence-electron chi connectivity index (χ3n) is 6.09. The molecular formula is C28H33ClN3NaO6. The molecule has 9 nitrogen and oxygen atoms in total. The predicted octanol–water partition coefficient (Wildman–Crippen LogP) is -0.0885. The van der Waals surface area contributed by atoms with Crippen molar-refractivity contribution in [2.24, 2.45) is 0 Å². The maximum Gasteiger partial charge on any atom is 1.00 e. The summed E-state index contributed by atoms with van der Waals surface area (Å²) < 4.78 is 7.15. The van der Waals surface area contributed by atoms with Gasteiger partial charge < -0.3 is 34.7 Å². The van der Waals surface area contributed by atoms with Gasteiger partial charge in [-0.05, 0) is 60.7 Å². The van der Waals surface area contributed by atoms with Gasteiger partial charge in [0.25, 0.3) is 5.91 Å². The number of amides is 1. The van der Waals surface area contributed by atoms with Gasteiger partial charge in [-0.2, -0.15) is 0 Å². The minimum Gasteiger partial charge on any atom is -0.550 e. The number of rotatable bonds is 13. The Morgan fingerprint density at radius 3 is 2.44 bits per heavy atom. The second kappa shape index (κ2) is 15.4. The van der Waals surface area contributed by atoms with Crippen molar-refractivity contribution < 1.29 is 59.2 Å². The van der Waals surface area contributed by atoms with Crippen molar-refractivity contribution in [1.82, 2.24) is 14.9 Å². The van der Waals surface area contributed by atoms with Crippen LogP contribution >= 0.6 is 11.6 Å². The summed E-state index contributed by atoms with van der Waals surface area (Å²) >= 11 is 6.08. The standard InChI is InChI=1S/C28H34ClN3O6.Na/c1-17(2)26-25(28(37)30-16-18-5-4-6-23(13-18)38-3)31-27(19-7-9-20(29)10-8-19)32(26)12-11-21(33)14-22(34)15-24(35)36;/h4-10,13,17,21-22,33-34H,11-12,14-16H2,1-3H3,(H,30,37)(H,35,36);/q;+1/p-1/t21-,22-;/m1./s1. The van der Waals surface area contributed by atoms with Crippen molar-refractivity contribution in [3.63, 3.8) is 0 Å². The Morgan fingerprint density at radius 1 is 1.13 bits per heavy atom. The Balaban J connectivity index is 0.00000533. The molecule has 0 saturated heterocycles. The largest absolute Gasteiger partial charge is 1.00 e. The van der Waals surface area contributed by atoms with Gasteiger partial charge in [0.1, 0.15) is 17.3 Å². The van der Waals surface area contributed by atoms with Crippen molar-refractivity contribution in [2.75, 3.05) is 7.11 Å². The van der Waals surface area contributed by atoms with E-state index in [1.165, 1.54) is 0 Å². The van der Waals surface area contributed by atoms with E-state index < -0.39 is 24.6 Å². The zero-order valence-electron chi connectivity index (χ0n) is 22.7. The van der Waals surface area contributed by atoms with Gasteiger partial charge in [0.2, 0.25) is 0 Å². The van der Waals surface area contributed by atoms with Gasteiger partial charge in [-0.1, -0.05) is 37.6 Å². The number of nitrogens with one attached hydrogen (secondary N) is 1. The van der Waals surface area contributed by atoms with E-state index in [-0.39, 0.29) is 66.5 Å². The normalized spacial score (nSPS) is 12.5. The van der Waals surface area contributed by atoms with Gasteiger partial charge in [0.15, 0.2) is 0 Å². The number of methoxy groups -OCH3 is 1. The minimum atomic E-state index is -1.38. The summed E-state index contributed by atoms with van der Waals surface area (Å²) in [5.41, 5.74) is 2.59. The molecule has 0 fully saturated rings. The van der Waals surface area contributed by atoms with Crippen molar-refractivity contribution in [2.45, 2.75) is 64.3 Å². The smallest absolute Gasteiger partial charge is 0.550 e. The number of carboxylic acids is 1. The third-order valence-corrected chi connectivity index (χ3v) is 6.34. The molecule has 1 amide bonds. The summed E-state index contributed by atoms with van der Waals surface area (Å²) in [7, 11) is 1.58. The molecule has 0 spiro atoms. The number of halogens is 1. The molecule has 11 heteroatoms. The Labute approximate surface area is 255 Å². The molecule has 0 radical (unpaired) electrons. The molecule has 1 aromatic heterocycles. The quantitative estimate of drug-likeness (QED) is 0.246. The van der Waals surface area contributed by atoms with Crippen LogP contribution < -0.4 is 44.7 Å². The van der Waals surface area contributed by atoms with E-state index in [2.05, 4.69) is 5.32 Å². The summed E-state index contributed by atoms with van der Waals surface area (Å²) in [6.45, 7) is 4.49. The van der Waals surface area contributed by atoms with Gasteiger partial charge in [-0.15, -0.1) is 0 Å². The van der Waals surface area contributed by atoms with Crippen molar-refractivity contribution in [3.8, 4) is 17.1 Å². The Morgan fingerprint density at radius 2 is 1.82 bits per heavy atom. The SMILES string of the molecule is COc1cccc(CNC(=O)c2nc(-c3ccc(Cl)cc3)n(CC[C@@H](O)C[C@@H](O)CC(=O)[O-])c2C(C)C)c1.[Na+]. The van der Waals surface area contributed by atoms with E-state index in [0.717, 1.165) is 11.1 Å². The Bertz CT molecular complexity index is 1250. The number of nitrogens with zero attached hydrogens (tertiary/aromatic N) is 2. The van der Waals surface area contributed by atoms with Crippen LogP contribution in [0.4, 0.5) is 0 Å². The fourth-order valence-corrected chi connectivity index (χ4v) is 4.42. The van der Waals surface area contributed by atoms with Crippen LogP contribution in [0.3, 0.4) is 0 Å². The number of aliphatic hydroxyl groups excluding tert-OH is 2. The molecule has 3 rings (SSSR count). The third kappa shape index (κ3) is 9.34. The predicted molar refractivity (Wildman–Crippen MR) is 142 cm³/mol. The first-order chi connectivity index (χ1) is 18.1. The minimum absolute atomic E-state index is 0. The molecule has 0 saturated carbocycles. The molecule has 39 heavy (non-hydrogen) atoms. The van der Waals surface area contributed by atoms with Gasteiger partial charge >= 0.3 is 29.6 Å². The van der Waals surface area contributed by atoms with Gasteiger partial charge in [-0.25, -0.2) is 4.98 Å². The van der Waals surface area contributed by atoms with Crippen LogP contribution in [0.1, 0.15) is 60.8 Å². The van der Waals surface area contributed by atoms with Gasteiger partial charge in [-0.3, -0.25) is 4.79 Å². The van der Waals surface area contributed by atoms with Crippen molar-refractivity contribution in [1.29, 1.82) is 0 Å². The second-order valence-corrected chi connectivity index (χ2v) is 9.86. The number of hydrogen-bond acceptors (Lipinski definition) is 7. The van der Waals surface area contributed by atoms with Gasteiger partial charge in [0.05, 0.1) is 25.0 Å². The topological polar surface area (TPSA) is 137 Å². The summed E-state index contributed by atoms with van der Waals surface area (Å²) in [6, 6.07) is 14.5. The average Bonchev–Trinajstić information content (AvgIpc) is 3.26. The van der Waals surface area contributed by atoms with Crippen molar-refractivity contribution >= 4 is 23.5 Å². The molecular weight excluding hydrogens is 533 g/mol. The molecule has 2 atom stereocenters. The number of imidazole rings is 1. The summed E-state index contributed by atoms with van der Waals surface area (Å²) in [5.74, 6) is -0.565. The number of carbonyl (C=O) groups is 2. The van der Waals surface area contributed by atoms with E-state index >= 15 is 0 Å². The van der Waals surface area contributed by atoms with Crippen LogP contribution in [0.5, 0.6) is 5.75 Å². The van der Waals surface area contributed by atoms with Crippen LogP contribution in [-0.4, -0.2) is 51.0 Å². The Kier molecular flexibility index (Phi) is 13.0. The second-order valence-electron chi connectivity index (χ2n) is 9.42. The summed E-state index contributed by atoms with van der Waals surface area (Å²) in [6.07, 6.45) is -2.62. The molecule has 2 aromatic carbocycles. The number of aromatic nitrogens is 2. The number of hydrogen-bond donors (Lipinski definition) is 3. The summed E-state index contributed by atoms with van der Waals surface area (Å²) in [4.78, 5) is 28.8. The number of ether oxygens (including phenoxy) is 1. The molecule has 0 unspecified atom stereocenters. The van der Waals surface area contributed by atoms with Crippen molar-refractivity contribution in [3.05, 3.63) is 70.5 Å². The van der Waals surface area contributed by atoms with E-state index in [1.54, 1.807) is 19.2 Å². The average molecular weight is 566 g/mol. The molecule has 3 N–H and O–H groups in total. The van der Waals surface area contributed by atoms with Gasteiger partial charge in [0, 0.05) is 36.1 Å². The Hall–Kier alpha value is -2.40. The van der Waals surface area contributed by atoms with E-state index in [0.29, 0.717) is 28.8 Å². The molecule has 0 aliphatic heterocycles. The zero-order chi connectivity index (χ0) is 27.8. The number of aliphatic hydroxyl groups is 2. The molecule has 0 aliphatic rings. The van der Waals surface area contributed by atoms with Crippen LogP contribution in [0.25, 0.3) is 11.4 Å². The first kappa shape index (κ1) is 32.8. The first-order valence-electron chi connectivity index (χ1n) is 12.4. The monoisotopic (exact) mass is 565 g/mol. The summed E-state index contributed by atoms with van der Waals surface area (Å²) in [5, 5.41) is 34.6. The van der Waals surface area contributed by atoms with E-state index in [9.17, 15) is 24.9 Å². The molecule has 0 bridgehead atoms. The fraction of sp³-hybridized carbons (Fsp3) is 0.393. The molecule has 204 valence electrons. The maximum atomic E-state index is 13.4.